The summed E-state index contributed by atoms with van der Waals surface area (Å²) in [6.45, 7) is 2.72. The Kier molecular flexibility index (Phi) is 4.67. The van der Waals surface area contributed by atoms with Crippen LogP contribution < -0.4 is 4.74 Å². The summed E-state index contributed by atoms with van der Waals surface area (Å²) in [5.74, 6) is 0.776. The van der Waals surface area contributed by atoms with E-state index in [1.165, 1.54) is 17.5 Å². The molecule has 1 aliphatic carbocycles. The van der Waals surface area contributed by atoms with Crippen LogP contribution in [-0.4, -0.2) is 38.0 Å². The van der Waals surface area contributed by atoms with E-state index >= 15 is 0 Å². The molecular weight excluding hydrogens is 278 g/mol. The first-order valence-electron chi connectivity index (χ1n) is 6.80. The largest absolute Gasteiger partial charge is 0.495 e. The summed E-state index contributed by atoms with van der Waals surface area (Å²) in [5, 5.41) is 9.12. The van der Waals surface area contributed by atoms with E-state index in [0.717, 1.165) is 12.8 Å². The topological polar surface area (TPSA) is 66.8 Å². The van der Waals surface area contributed by atoms with Crippen molar-refractivity contribution < 1.29 is 18.3 Å². The summed E-state index contributed by atoms with van der Waals surface area (Å²) in [6.07, 6.45) is 2.21. The number of sulfonamides is 1. The minimum absolute atomic E-state index is 0.143. The number of hydrogen-bond donors (Lipinski definition) is 1. The van der Waals surface area contributed by atoms with Crippen LogP contribution in [0.15, 0.2) is 23.1 Å². The highest BCUT2D eigenvalue weighted by Gasteiger charge is 2.32. The maximum absolute atomic E-state index is 12.7. The molecule has 20 heavy (non-hydrogen) atoms. The lowest BCUT2D eigenvalue weighted by atomic mass is 10.2. The molecule has 0 spiro atoms. The van der Waals surface area contributed by atoms with Crippen LogP contribution in [-0.2, 0) is 16.6 Å². The second-order valence-electron chi connectivity index (χ2n) is 5.04. The van der Waals surface area contributed by atoms with Crippen molar-refractivity contribution in [2.45, 2.75) is 31.3 Å². The van der Waals surface area contributed by atoms with Crippen LogP contribution in [0, 0.1) is 5.92 Å². The number of nitrogens with zero attached hydrogens (tertiary/aromatic N) is 1. The third-order valence-electron chi connectivity index (χ3n) is 3.54. The predicted molar refractivity (Wildman–Crippen MR) is 76.1 cm³/mol. The fourth-order valence-electron chi connectivity index (χ4n) is 2.15. The lowest BCUT2D eigenvalue weighted by molar-refractivity contribution is 0.280. The fourth-order valence-corrected chi connectivity index (χ4v) is 3.81. The van der Waals surface area contributed by atoms with Gasteiger partial charge >= 0.3 is 0 Å². The quantitative estimate of drug-likeness (QED) is 0.830. The maximum Gasteiger partial charge on any atom is 0.246 e. The minimum Gasteiger partial charge on any atom is -0.495 e. The van der Waals surface area contributed by atoms with Gasteiger partial charge in [-0.15, -0.1) is 0 Å². The molecule has 0 heterocycles. The average molecular weight is 299 g/mol. The summed E-state index contributed by atoms with van der Waals surface area (Å²) in [4.78, 5) is 0.166. The van der Waals surface area contributed by atoms with Gasteiger partial charge in [-0.2, -0.15) is 4.31 Å². The number of aliphatic hydroxyl groups is 1. The Balaban J connectivity index is 2.36. The van der Waals surface area contributed by atoms with E-state index in [1.54, 1.807) is 12.1 Å². The highest BCUT2D eigenvalue weighted by atomic mass is 32.2. The number of aliphatic hydroxyl groups excluding tert-OH is 1. The van der Waals surface area contributed by atoms with Crippen LogP contribution >= 0.6 is 0 Å². The third kappa shape index (κ3) is 3.13. The highest BCUT2D eigenvalue weighted by Crippen LogP contribution is 2.33. The van der Waals surface area contributed by atoms with Gasteiger partial charge in [-0.1, -0.05) is 13.0 Å². The number of hydrogen-bond acceptors (Lipinski definition) is 4. The van der Waals surface area contributed by atoms with Crippen molar-refractivity contribution in [3.8, 4) is 5.75 Å². The monoisotopic (exact) mass is 299 g/mol. The standard InChI is InChI=1S/C14H21NO4S/c1-3-15(9-11-4-5-11)20(17,18)14-7-6-12(10-16)8-13(14)19-2/h6-8,11,16H,3-5,9-10H2,1-2H3. The van der Waals surface area contributed by atoms with E-state index in [0.29, 0.717) is 24.6 Å². The second kappa shape index (κ2) is 6.11. The van der Waals surface area contributed by atoms with Gasteiger partial charge in [0.25, 0.3) is 0 Å². The number of methoxy groups -OCH3 is 1. The van der Waals surface area contributed by atoms with Crippen LogP contribution in [0.3, 0.4) is 0 Å². The molecule has 0 saturated heterocycles. The summed E-state index contributed by atoms with van der Waals surface area (Å²) < 4.78 is 32.1. The average Bonchev–Trinajstić information content (AvgIpc) is 3.27. The molecule has 1 aromatic carbocycles. The highest BCUT2D eigenvalue weighted by molar-refractivity contribution is 7.89. The molecule has 5 nitrogen and oxygen atoms in total. The Labute approximate surface area is 120 Å². The molecule has 1 saturated carbocycles. The maximum atomic E-state index is 12.7. The summed E-state index contributed by atoms with van der Waals surface area (Å²) in [5.41, 5.74) is 0.631. The molecule has 112 valence electrons. The summed E-state index contributed by atoms with van der Waals surface area (Å²) >= 11 is 0. The van der Waals surface area contributed by atoms with E-state index in [4.69, 9.17) is 9.84 Å². The van der Waals surface area contributed by atoms with Crippen LogP contribution in [0.4, 0.5) is 0 Å². The van der Waals surface area contributed by atoms with Crippen molar-refractivity contribution in [3.05, 3.63) is 23.8 Å². The van der Waals surface area contributed by atoms with Gasteiger partial charge in [0.05, 0.1) is 13.7 Å². The number of ether oxygens (including phenoxy) is 1. The van der Waals surface area contributed by atoms with Crippen molar-refractivity contribution >= 4 is 10.0 Å². The van der Waals surface area contributed by atoms with Crippen molar-refractivity contribution in [2.24, 2.45) is 5.92 Å². The molecule has 0 aliphatic heterocycles. The Hall–Kier alpha value is -1.11. The van der Waals surface area contributed by atoms with Gasteiger partial charge in [0, 0.05) is 13.1 Å². The molecule has 1 aliphatic rings. The Morgan fingerprint density at radius 1 is 1.40 bits per heavy atom. The Morgan fingerprint density at radius 3 is 2.60 bits per heavy atom. The molecule has 2 rings (SSSR count). The van der Waals surface area contributed by atoms with E-state index in [2.05, 4.69) is 0 Å². The smallest absolute Gasteiger partial charge is 0.246 e. The SMILES string of the molecule is CCN(CC1CC1)S(=O)(=O)c1ccc(CO)cc1OC. The van der Waals surface area contributed by atoms with Crippen molar-refractivity contribution in [1.82, 2.24) is 4.31 Å². The van der Waals surface area contributed by atoms with Crippen molar-refractivity contribution in [3.63, 3.8) is 0 Å². The minimum atomic E-state index is -3.55. The van der Waals surface area contributed by atoms with Gasteiger partial charge in [-0.05, 0) is 36.5 Å². The van der Waals surface area contributed by atoms with Gasteiger partial charge < -0.3 is 9.84 Å². The van der Waals surface area contributed by atoms with E-state index in [1.807, 2.05) is 6.92 Å². The predicted octanol–water partition coefficient (Wildman–Crippen LogP) is 1.61. The molecule has 1 N–H and O–H groups in total. The molecular formula is C14H21NO4S. The van der Waals surface area contributed by atoms with Gasteiger partial charge in [0.2, 0.25) is 10.0 Å². The molecule has 0 unspecified atom stereocenters. The van der Waals surface area contributed by atoms with Crippen LogP contribution in [0.2, 0.25) is 0 Å². The summed E-state index contributed by atoms with van der Waals surface area (Å²) in [6, 6.07) is 4.69. The van der Waals surface area contributed by atoms with Gasteiger partial charge in [0.15, 0.2) is 0 Å². The lowest BCUT2D eigenvalue weighted by Crippen LogP contribution is -2.33. The van der Waals surface area contributed by atoms with Crippen molar-refractivity contribution in [1.29, 1.82) is 0 Å². The number of rotatable bonds is 7. The van der Waals surface area contributed by atoms with Crippen LogP contribution in [0.1, 0.15) is 25.3 Å². The van der Waals surface area contributed by atoms with Gasteiger partial charge in [-0.3, -0.25) is 0 Å². The summed E-state index contributed by atoms with van der Waals surface area (Å²) in [7, 11) is -2.11. The first-order valence-corrected chi connectivity index (χ1v) is 8.24. The van der Waals surface area contributed by atoms with Crippen LogP contribution in [0.5, 0.6) is 5.75 Å². The molecule has 0 bridgehead atoms. The normalized spacial score (nSPS) is 15.6. The molecule has 1 aromatic rings. The molecule has 6 heteroatoms. The van der Waals surface area contributed by atoms with Crippen LogP contribution in [0.25, 0.3) is 0 Å². The zero-order valence-electron chi connectivity index (χ0n) is 11.9. The Bertz CT molecular complexity index is 567. The first kappa shape index (κ1) is 15.3. The molecule has 0 aromatic heterocycles. The van der Waals surface area contributed by atoms with Crippen molar-refractivity contribution in [2.75, 3.05) is 20.2 Å². The number of benzene rings is 1. The van der Waals surface area contributed by atoms with E-state index < -0.39 is 10.0 Å². The second-order valence-corrected chi connectivity index (χ2v) is 6.95. The zero-order chi connectivity index (χ0) is 14.8. The first-order chi connectivity index (χ1) is 9.52. The molecule has 0 atom stereocenters. The van der Waals surface area contributed by atoms with Gasteiger partial charge in [0.1, 0.15) is 10.6 Å². The third-order valence-corrected chi connectivity index (χ3v) is 5.52. The Morgan fingerprint density at radius 2 is 2.10 bits per heavy atom. The molecule has 0 amide bonds. The molecule has 1 fully saturated rings. The fraction of sp³-hybridized carbons (Fsp3) is 0.571. The van der Waals surface area contributed by atoms with Gasteiger partial charge in [-0.25, -0.2) is 8.42 Å². The van der Waals surface area contributed by atoms with E-state index in [-0.39, 0.29) is 17.3 Å². The van der Waals surface area contributed by atoms with E-state index in [9.17, 15) is 8.42 Å². The lowest BCUT2D eigenvalue weighted by Gasteiger charge is -2.21. The molecule has 0 radical (unpaired) electrons. The zero-order valence-corrected chi connectivity index (χ0v) is 12.7.